The first kappa shape index (κ1) is 13.6. The van der Waals surface area contributed by atoms with E-state index in [1.54, 1.807) is 31.3 Å². The molecule has 0 saturated heterocycles. The summed E-state index contributed by atoms with van der Waals surface area (Å²) in [6.07, 6.45) is 9.53. The van der Waals surface area contributed by atoms with Crippen LogP contribution < -0.4 is 4.74 Å². The molecule has 2 rings (SSSR count). The zero-order chi connectivity index (χ0) is 13.7. The predicted octanol–water partition coefficient (Wildman–Crippen LogP) is 3.69. The van der Waals surface area contributed by atoms with Gasteiger partial charge >= 0.3 is 0 Å². The third-order valence-corrected chi connectivity index (χ3v) is 3.39. The first-order chi connectivity index (χ1) is 9.22. The highest BCUT2D eigenvalue weighted by Crippen LogP contribution is 2.28. The summed E-state index contributed by atoms with van der Waals surface area (Å²) in [7, 11) is 1.69. The molecule has 1 aromatic heterocycles. The zero-order valence-corrected chi connectivity index (χ0v) is 12.1. The number of hydrogen-bond acceptors (Lipinski definition) is 4. The van der Waals surface area contributed by atoms with Gasteiger partial charge in [-0.3, -0.25) is 9.97 Å². The number of aryl methyl sites for hydroxylation is 1. The Morgan fingerprint density at radius 2 is 2.05 bits per heavy atom. The summed E-state index contributed by atoms with van der Waals surface area (Å²) < 4.78 is 5.30. The molecule has 2 aromatic rings. The fourth-order valence-electron chi connectivity index (χ4n) is 1.70. The summed E-state index contributed by atoms with van der Waals surface area (Å²) in [5, 5.41) is 0. The average Bonchev–Trinajstić information content (AvgIpc) is 2.45. The van der Waals surface area contributed by atoms with Crippen LogP contribution >= 0.6 is 11.8 Å². The van der Waals surface area contributed by atoms with Gasteiger partial charge in [0.2, 0.25) is 0 Å². The highest BCUT2D eigenvalue weighted by atomic mass is 32.2. The molecule has 3 nitrogen and oxygen atoms in total. The van der Waals surface area contributed by atoms with E-state index in [2.05, 4.69) is 16.0 Å². The third-order valence-electron chi connectivity index (χ3n) is 2.63. The predicted molar refractivity (Wildman–Crippen MR) is 80.5 cm³/mol. The Morgan fingerprint density at radius 1 is 1.21 bits per heavy atom. The maximum atomic E-state index is 5.30. The number of ether oxygens (including phenoxy) is 1. The molecule has 0 aliphatic carbocycles. The van der Waals surface area contributed by atoms with E-state index in [9.17, 15) is 0 Å². The van der Waals surface area contributed by atoms with Crippen molar-refractivity contribution in [2.45, 2.75) is 11.8 Å². The Morgan fingerprint density at radius 3 is 2.74 bits per heavy atom. The van der Waals surface area contributed by atoms with Crippen LogP contribution in [0.4, 0.5) is 0 Å². The van der Waals surface area contributed by atoms with E-state index >= 15 is 0 Å². The van der Waals surface area contributed by atoms with Crippen LogP contribution in [-0.2, 0) is 0 Å². The molecule has 0 N–H and O–H groups in total. The third kappa shape index (κ3) is 3.58. The van der Waals surface area contributed by atoms with E-state index in [0.29, 0.717) is 0 Å². The molecule has 0 atom stereocenters. The molecule has 0 unspecified atom stereocenters. The van der Waals surface area contributed by atoms with E-state index in [-0.39, 0.29) is 0 Å². The maximum absolute atomic E-state index is 5.30. The summed E-state index contributed by atoms with van der Waals surface area (Å²) in [4.78, 5) is 9.63. The SMILES string of the molecule is COc1ccc(/C=C/c2cncc(C)n2)cc1SC. The van der Waals surface area contributed by atoms with Crippen molar-refractivity contribution >= 4 is 23.9 Å². The van der Waals surface area contributed by atoms with Crippen LogP contribution in [0.5, 0.6) is 5.75 Å². The van der Waals surface area contributed by atoms with Crippen LogP contribution in [-0.4, -0.2) is 23.3 Å². The van der Waals surface area contributed by atoms with Crippen molar-refractivity contribution in [3.05, 3.63) is 47.5 Å². The molecule has 1 aromatic carbocycles. The van der Waals surface area contributed by atoms with Crippen molar-refractivity contribution < 1.29 is 4.74 Å². The van der Waals surface area contributed by atoms with Gasteiger partial charge in [0.05, 0.1) is 24.7 Å². The van der Waals surface area contributed by atoms with Gasteiger partial charge in [-0.2, -0.15) is 0 Å². The smallest absolute Gasteiger partial charge is 0.132 e. The molecule has 0 aliphatic heterocycles. The number of thioether (sulfide) groups is 1. The molecule has 0 saturated carbocycles. The van der Waals surface area contributed by atoms with Crippen LogP contribution in [0, 0.1) is 6.92 Å². The van der Waals surface area contributed by atoms with Crippen LogP contribution in [0.2, 0.25) is 0 Å². The van der Waals surface area contributed by atoms with Gasteiger partial charge in [-0.25, -0.2) is 0 Å². The van der Waals surface area contributed by atoms with Gasteiger partial charge in [0.15, 0.2) is 0 Å². The highest BCUT2D eigenvalue weighted by Gasteiger charge is 2.01. The Kier molecular flexibility index (Phi) is 4.58. The van der Waals surface area contributed by atoms with Crippen molar-refractivity contribution in [2.24, 2.45) is 0 Å². The Balaban J connectivity index is 2.23. The van der Waals surface area contributed by atoms with Gasteiger partial charge in [0, 0.05) is 11.1 Å². The van der Waals surface area contributed by atoms with Gasteiger partial charge < -0.3 is 4.74 Å². The van der Waals surface area contributed by atoms with Crippen molar-refractivity contribution in [1.82, 2.24) is 9.97 Å². The molecule has 0 bridgehead atoms. The van der Waals surface area contributed by atoms with E-state index in [1.165, 1.54) is 0 Å². The molecule has 19 heavy (non-hydrogen) atoms. The molecule has 0 radical (unpaired) electrons. The molecule has 0 amide bonds. The van der Waals surface area contributed by atoms with Crippen molar-refractivity contribution in [1.29, 1.82) is 0 Å². The number of benzene rings is 1. The van der Waals surface area contributed by atoms with E-state index in [0.717, 1.165) is 27.6 Å². The molecule has 4 heteroatoms. The second kappa shape index (κ2) is 6.38. The quantitative estimate of drug-likeness (QED) is 0.795. The molecule has 0 spiro atoms. The van der Waals surface area contributed by atoms with E-state index in [1.807, 2.05) is 37.5 Å². The number of rotatable bonds is 4. The minimum Gasteiger partial charge on any atom is -0.496 e. The first-order valence-corrected chi connectivity index (χ1v) is 7.14. The fraction of sp³-hybridized carbons (Fsp3) is 0.200. The van der Waals surface area contributed by atoms with Crippen LogP contribution in [0.1, 0.15) is 17.0 Å². The largest absolute Gasteiger partial charge is 0.496 e. The zero-order valence-electron chi connectivity index (χ0n) is 11.3. The minimum absolute atomic E-state index is 0.863. The normalized spacial score (nSPS) is 10.9. The fourth-order valence-corrected chi connectivity index (χ4v) is 2.31. The average molecular weight is 272 g/mol. The van der Waals surface area contributed by atoms with Crippen molar-refractivity contribution in [3.8, 4) is 5.75 Å². The van der Waals surface area contributed by atoms with Gasteiger partial charge in [0.25, 0.3) is 0 Å². The van der Waals surface area contributed by atoms with Gasteiger partial charge in [-0.05, 0) is 37.0 Å². The summed E-state index contributed by atoms with van der Waals surface area (Å²) >= 11 is 1.67. The molecular formula is C15H16N2OS. The first-order valence-electron chi connectivity index (χ1n) is 5.91. The van der Waals surface area contributed by atoms with E-state index < -0.39 is 0 Å². The number of hydrogen-bond donors (Lipinski definition) is 0. The minimum atomic E-state index is 0.863. The second-order valence-electron chi connectivity index (χ2n) is 4.03. The maximum Gasteiger partial charge on any atom is 0.132 e. The van der Waals surface area contributed by atoms with Crippen LogP contribution in [0.3, 0.4) is 0 Å². The lowest BCUT2D eigenvalue weighted by Crippen LogP contribution is -1.87. The molecule has 0 fully saturated rings. The standard InChI is InChI=1S/C15H16N2OS/c1-11-9-16-10-13(17-11)6-4-12-5-7-14(18-2)15(8-12)19-3/h4-10H,1-3H3/b6-4+. The van der Waals surface area contributed by atoms with Crippen molar-refractivity contribution in [3.63, 3.8) is 0 Å². The lowest BCUT2D eigenvalue weighted by molar-refractivity contribution is 0.405. The van der Waals surface area contributed by atoms with Crippen LogP contribution in [0.25, 0.3) is 12.2 Å². The second-order valence-corrected chi connectivity index (χ2v) is 4.88. The Labute approximate surface area is 117 Å². The molecule has 98 valence electrons. The molecular weight excluding hydrogens is 256 g/mol. The van der Waals surface area contributed by atoms with E-state index in [4.69, 9.17) is 4.74 Å². The van der Waals surface area contributed by atoms with Gasteiger partial charge in [-0.1, -0.05) is 12.1 Å². The molecule has 1 heterocycles. The molecule has 0 aliphatic rings. The summed E-state index contributed by atoms with van der Waals surface area (Å²) in [5.74, 6) is 0.903. The monoisotopic (exact) mass is 272 g/mol. The van der Waals surface area contributed by atoms with Crippen molar-refractivity contribution in [2.75, 3.05) is 13.4 Å². The summed E-state index contributed by atoms with van der Waals surface area (Å²) in [6.45, 7) is 1.93. The highest BCUT2D eigenvalue weighted by molar-refractivity contribution is 7.98. The van der Waals surface area contributed by atoms with Crippen LogP contribution in [0.15, 0.2) is 35.5 Å². The number of nitrogens with zero attached hydrogens (tertiary/aromatic N) is 2. The van der Waals surface area contributed by atoms with Gasteiger partial charge in [-0.15, -0.1) is 11.8 Å². The summed E-state index contributed by atoms with van der Waals surface area (Å²) in [6, 6.07) is 6.11. The lowest BCUT2D eigenvalue weighted by atomic mass is 10.2. The Bertz CT molecular complexity index is 596. The number of aromatic nitrogens is 2. The topological polar surface area (TPSA) is 35.0 Å². The summed E-state index contributed by atoms with van der Waals surface area (Å²) in [5.41, 5.74) is 2.90. The lowest BCUT2D eigenvalue weighted by Gasteiger charge is -2.06. The number of methoxy groups -OCH3 is 1. The Hall–Kier alpha value is -1.81. The van der Waals surface area contributed by atoms with Gasteiger partial charge in [0.1, 0.15) is 5.75 Å².